The van der Waals surface area contributed by atoms with Crippen molar-refractivity contribution in [1.29, 1.82) is 0 Å². The third kappa shape index (κ3) is 6.81. The van der Waals surface area contributed by atoms with Gasteiger partial charge in [0.2, 0.25) is 0 Å². The van der Waals surface area contributed by atoms with Gasteiger partial charge in [-0.25, -0.2) is 0 Å². The van der Waals surface area contributed by atoms with Gasteiger partial charge in [0.25, 0.3) is 0 Å². The van der Waals surface area contributed by atoms with Crippen LogP contribution in [0.2, 0.25) is 5.02 Å². The van der Waals surface area contributed by atoms with Crippen molar-refractivity contribution < 1.29 is 4.74 Å². The molecule has 1 saturated heterocycles. The largest absolute Gasteiger partial charge is 0.381 e. The summed E-state index contributed by atoms with van der Waals surface area (Å²) in [6, 6.07) is 7.95. The highest BCUT2D eigenvalue weighted by atomic mass is 127. The first-order valence-electron chi connectivity index (χ1n) is 8.47. The van der Waals surface area contributed by atoms with E-state index in [9.17, 15) is 0 Å². The molecule has 142 valence electrons. The highest BCUT2D eigenvalue weighted by Gasteiger charge is 2.33. The van der Waals surface area contributed by atoms with Crippen LogP contribution in [0.4, 0.5) is 0 Å². The molecule has 0 aromatic heterocycles. The van der Waals surface area contributed by atoms with E-state index in [1.54, 1.807) is 0 Å². The van der Waals surface area contributed by atoms with Crippen LogP contribution in [0, 0.1) is 0 Å². The van der Waals surface area contributed by atoms with Gasteiger partial charge in [-0.2, -0.15) is 11.8 Å². The van der Waals surface area contributed by atoms with E-state index in [0.29, 0.717) is 0 Å². The number of rotatable bonds is 6. The van der Waals surface area contributed by atoms with E-state index >= 15 is 0 Å². The highest BCUT2D eigenvalue weighted by molar-refractivity contribution is 14.0. The smallest absolute Gasteiger partial charge is 0.193 e. The Morgan fingerprint density at radius 3 is 2.64 bits per heavy atom. The lowest BCUT2D eigenvalue weighted by Crippen LogP contribution is -2.48. The minimum atomic E-state index is 0. The van der Waals surface area contributed by atoms with Crippen molar-refractivity contribution in [1.82, 2.24) is 10.2 Å². The second kappa shape index (κ2) is 11.5. The molecule has 0 spiro atoms. The van der Waals surface area contributed by atoms with Gasteiger partial charge in [-0.1, -0.05) is 36.7 Å². The number of nitrogens with zero attached hydrogens (tertiary/aromatic N) is 2. The van der Waals surface area contributed by atoms with Gasteiger partial charge >= 0.3 is 0 Å². The number of nitrogens with one attached hydrogen (secondary N) is 1. The number of aliphatic imine (C=N–C) groups is 1. The molecule has 0 amide bonds. The molecule has 1 aromatic rings. The summed E-state index contributed by atoms with van der Waals surface area (Å²) in [4.78, 5) is 6.55. The Morgan fingerprint density at radius 2 is 2.04 bits per heavy atom. The van der Waals surface area contributed by atoms with E-state index in [-0.39, 0.29) is 28.7 Å². The van der Waals surface area contributed by atoms with Crippen molar-refractivity contribution in [2.45, 2.75) is 31.1 Å². The topological polar surface area (TPSA) is 36.9 Å². The predicted molar refractivity (Wildman–Crippen MR) is 121 cm³/mol. The summed E-state index contributed by atoms with van der Waals surface area (Å²) in [5.41, 5.74) is 1.10. The zero-order chi connectivity index (χ0) is 17.4. The van der Waals surface area contributed by atoms with Gasteiger partial charge in [0, 0.05) is 50.2 Å². The standard InChI is InChI=1S/C18H28ClN3OS.HI/c1-4-24-18(9-11-23-12-10-18)14-21-17(20-2)22(3)13-15-7-5-6-8-16(15)19;/h5-8H,4,9-14H2,1-3H3,(H,20,21);1H. The van der Waals surface area contributed by atoms with Crippen LogP contribution < -0.4 is 5.32 Å². The summed E-state index contributed by atoms with van der Waals surface area (Å²) in [6.45, 7) is 5.57. The minimum absolute atomic E-state index is 0. The monoisotopic (exact) mass is 497 g/mol. The average Bonchev–Trinajstić information content (AvgIpc) is 2.58. The quantitative estimate of drug-likeness (QED) is 0.362. The molecule has 1 fully saturated rings. The van der Waals surface area contributed by atoms with Crippen molar-refractivity contribution in [3.8, 4) is 0 Å². The van der Waals surface area contributed by atoms with Crippen molar-refractivity contribution in [2.75, 3.05) is 39.6 Å². The van der Waals surface area contributed by atoms with Gasteiger partial charge in [0.05, 0.1) is 0 Å². The van der Waals surface area contributed by atoms with Crippen LogP contribution >= 0.6 is 47.3 Å². The molecular weight excluding hydrogens is 469 g/mol. The van der Waals surface area contributed by atoms with E-state index in [1.807, 2.05) is 44.1 Å². The van der Waals surface area contributed by atoms with Gasteiger partial charge < -0.3 is 15.0 Å². The summed E-state index contributed by atoms with van der Waals surface area (Å²) in [5.74, 6) is 2.02. The Balaban J connectivity index is 0.00000312. The van der Waals surface area contributed by atoms with Crippen molar-refractivity contribution in [3.05, 3.63) is 34.9 Å². The molecule has 0 unspecified atom stereocenters. The fourth-order valence-corrected chi connectivity index (χ4v) is 4.44. The third-order valence-corrected chi connectivity index (χ3v) is 6.18. The molecule has 2 rings (SSSR count). The fraction of sp³-hybridized carbons (Fsp3) is 0.611. The second-order valence-corrected chi connectivity index (χ2v) is 8.22. The maximum absolute atomic E-state index is 6.27. The Bertz CT molecular complexity index is 547. The number of hydrogen-bond acceptors (Lipinski definition) is 3. The Hall–Kier alpha value is -0.180. The molecule has 1 aliphatic heterocycles. The Morgan fingerprint density at radius 1 is 1.36 bits per heavy atom. The van der Waals surface area contributed by atoms with Gasteiger partial charge in [-0.3, -0.25) is 4.99 Å². The molecule has 1 aromatic carbocycles. The first kappa shape index (κ1) is 22.9. The summed E-state index contributed by atoms with van der Waals surface area (Å²) in [7, 11) is 3.87. The summed E-state index contributed by atoms with van der Waals surface area (Å²) in [5, 5.41) is 4.35. The molecule has 0 bridgehead atoms. The lowest BCUT2D eigenvalue weighted by Gasteiger charge is -2.37. The molecule has 4 nitrogen and oxygen atoms in total. The molecular formula is C18H29ClIN3OS. The summed E-state index contributed by atoms with van der Waals surface area (Å²) in [6.07, 6.45) is 2.17. The maximum Gasteiger partial charge on any atom is 0.193 e. The molecule has 7 heteroatoms. The summed E-state index contributed by atoms with van der Waals surface area (Å²) >= 11 is 8.31. The normalized spacial score (nSPS) is 16.9. The van der Waals surface area contributed by atoms with Crippen LogP contribution in [0.15, 0.2) is 29.3 Å². The SMILES string of the molecule is CCSC1(CNC(=NC)N(C)Cc2ccccc2Cl)CCOCC1.I. The minimum Gasteiger partial charge on any atom is -0.381 e. The number of ether oxygens (including phenoxy) is 1. The van der Waals surface area contributed by atoms with Crippen LogP contribution in [-0.4, -0.2) is 55.2 Å². The van der Waals surface area contributed by atoms with Crippen LogP contribution in [-0.2, 0) is 11.3 Å². The number of hydrogen-bond donors (Lipinski definition) is 1. The van der Waals surface area contributed by atoms with E-state index in [4.69, 9.17) is 16.3 Å². The number of thioether (sulfide) groups is 1. The molecule has 0 radical (unpaired) electrons. The fourth-order valence-electron chi connectivity index (χ4n) is 3.00. The molecule has 1 N–H and O–H groups in total. The molecule has 0 atom stereocenters. The van der Waals surface area contributed by atoms with E-state index < -0.39 is 0 Å². The van der Waals surface area contributed by atoms with Gasteiger partial charge in [-0.15, -0.1) is 24.0 Å². The number of benzene rings is 1. The Kier molecular flexibility index (Phi) is 10.5. The van der Waals surface area contributed by atoms with Crippen LogP contribution in [0.5, 0.6) is 0 Å². The Labute approximate surface area is 178 Å². The number of guanidine groups is 1. The molecule has 1 heterocycles. The van der Waals surface area contributed by atoms with E-state index in [0.717, 1.165) is 61.4 Å². The highest BCUT2D eigenvalue weighted by Crippen LogP contribution is 2.34. The average molecular weight is 498 g/mol. The van der Waals surface area contributed by atoms with E-state index in [2.05, 4.69) is 28.2 Å². The zero-order valence-electron chi connectivity index (χ0n) is 15.3. The summed E-state index contributed by atoms with van der Waals surface area (Å²) < 4.78 is 5.79. The van der Waals surface area contributed by atoms with Gasteiger partial charge in [0.1, 0.15) is 0 Å². The van der Waals surface area contributed by atoms with E-state index in [1.165, 1.54) is 0 Å². The van der Waals surface area contributed by atoms with Crippen LogP contribution in [0.25, 0.3) is 0 Å². The second-order valence-electron chi connectivity index (χ2n) is 6.08. The molecule has 1 aliphatic rings. The predicted octanol–water partition coefficient (Wildman–Crippen LogP) is 4.27. The van der Waals surface area contributed by atoms with Crippen molar-refractivity contribution >= 4 is 53.3 Å². The van der Waals surface area contributed by atoms with Crippen LogP contribution in [0.1, 0.15) is 25.3 Å². The molecule has 0 aliphatic carbocycles. The lowest BCUT2D eigenvalue weighted by atomic mass is 9.99. The van der Waals surface area contributed by atoms with Gasteiger partial charge in [-0.05, 0) is 30.2 Å². The third-order valence-electron chi connectivity index (χ3n) is 4.36. The van der Waals surface area contributed by atoms with Crippen LogP contribution in [0.3, 0.4) is 0 Å². The first-order chi connectivity index (χ1) is 11.6. The maximum atomic E-state index is 6.27. The molecule has 25 heavy (non-hydrogen) atoms. The molecule has 0 saturated carbocycles. The van der Waals surface area contributed by atoms with Crippen molar-refractivity contribution in [3.63, 3.8) is 0 Å². The lowest BCUT2D eigenvalue weighted by molar-refractivity contribution is 0.0780. The van der Waals surface area contributed by atoms with Crippen molar-refractivity contribution in [2.24, 2.45) is 4.99 Å². The zero-order valence-corrected chi connectivity index (χ0v) is 19.2. The first-order valence-corrected chi connectivity index (χ1v) is 9.83. The number of halogens is 2. The van der Waals surface area contributed by atoms with Gasteiger partial charge in [0.15, 0.2) is 5.96 Å².